The fourth-order valence-corrected chi connectivity index (χ4v) is 10.4. The molecule has 314 valence electrons. The normalized spacial score (nSPS) is 14.0. The summed E-state index contributed by atoms with van der Waals surface area (Å²) in [5.74, 6) is -1.96. The van der Waals surface area contributed by atoms with Gasteiger partial charge in [-0.15, -0.1) is 21.5 Å². The van der Waals surface area contributed by atoms with Crippen LogP contribution >= 0.6 is 33.9 Å². The lowest BCUT2D eigenvalue weighted by atomic mass is 9.96. The number of hydrogen-bond donors (Lipinski definition) is 3. The van der Waals surface area contributed by atoms with Crippen LogP contribution in [0.4, 0.5) is 14.5 Å². The van der Waals surface area contributed by atoms with E-state index in [1.165, 1.54) is 37.6 Å². The molecule has 1 amide bonds. The van der Waals surface area contributed by atoms with E-state index < -0.39 is 49.2 Å². The molecule has 18 heteroatoms. The zero-order valence-corrected chi connectivity index (χ0v) is 37.4. The molecular weight excluding hydrogens is 950 g/mol. The smallest absolute Gasteiger partial charge is 0.308 e. The van der Waals surface area contributed by atoms with Crippen LogP contribution in [0.2, 0.25) is 0 Å². The highest BCUT2D eigenvalue weighted by atomic mass is 127. The first-order valence-electron chi connectivity index (χ1n) is 19.0. The van der Waals surface area contributed by atoms with Gasteiger partial charge in [-0.1, -0.05) is 65.1 Å². The van der Waals surface area contributed by atoms with Crippen LogP contribution in [0.1, 0.15) is 76.8 Å². The number of nitrogens with one attached hydrogen (secondary N) is 3. The zero-order chi connectivity index (χ0) is 44.2. The second-order valence-electron chi connectivity index (χ2n) is 14.6. The van der Waals surface area contributed by atoms with Gasteiger partial charge in [-0.25, -0.2) is 17.2 Å². The summed E-state index contributed by atoms with van der Waals surface area (Å²) in [5, 5.41) is 22.2. The van der Waals surface area contributed by atoms with Gasteiger partial charge in [-0.3, -0.25) is 23.9 Å². The van der Waals surface area contributed by atoms with Gasteiger partial charge < -0.3 is 15.0 Å². The number of halogens is 3. The van der Waals surface area contributed by atoms with Crippen LogP contribution in [0.3, 0.4) is 0 Å². The van der Waals surface area contributed by atoms with Crippen molar-refractivity contribution in [2.24, 2.45) is 4.99 Å². The lowest BCUT2D eigenvalue weighted by Crippen LogP contribution is -2.26. The number of aliphatic imine (C=N–C) groups is 1. The van der Waals surface area contributed by atoms with Crippen molar-refractivity contribution in [3.8, 4) is 22.2 Å². The van der Waals surface area contributed by atoms with Crippen molar-refractivity contribution in [2.45, 2.75) is 49.1 Å². The van der Waals surface area contributed by atoms with Crippen LogP contribution in [-0.4, -0.2) is 52.9 Å². The van der Waals surface area contributed by atoms with Gasteiger partial charge >= 0.3 is 5.97 Å². The number of carbonyl (C=O) groups excluding carboxylic acids is 2. The van der Waals surface area contributed by atoms with Crippen LogP contribution in [0, 0.1) is 50.7 Å². The number of esters is 1. The van der Waals surface area contributed by atoms with Crippen molar-refractivity contribution >= 4 is 78.1 Å². The zero-order valence-electron chi connectivity index (χ0n) is 33.6. The molecule has 0 bridgehead atoms. The predicted octanol–water partition coefficient (Wildman–Crippen LogP) is 8.98. The highest BCUT2D eigenvalue weighted by Gasteiger charge is 2.33. The SMILES string of the molecule is COC(=O)C[C@@H]1N=C(c2ccc(-c3cc(F)c(C(=O)NC(I)c4ccc(S(=O)(=O)Nc5ccc(C)c6c(C#N)c[nH]c56)cc4)cc3F)cc2)c2c(sc(C)c2C)-n2c(C)nnc21. The molecule has 7 aromatic rings. The molecule has 13 nitrogen and oxygen atoms in total. The highest BCUT2D eigenvalue weighted by molar-refractivity contribution is 14.1. The van der Waals surface area contributed by atoms with E-state index in [0.717, 1.165) is 38.7 Å². The number of benzene rings is 4. The third-order valence-electron chi connectivity index (χ3n) is 10.7. The van der Waals surface area contributed by atoms with Crippen molar-refractivity contribution in [3.05, 3.63) is 146 Å². The summed E-state index contributed by atoms with van der Waals surface area (Å²) in [6.45, 7) is 7.66. The van der Waals surface area contributed by atoms with Gasteiger partial charge in [0.2, 0.25) is 0 Å². The first-order chi connectivity index (χ1) is 29.6. The summed E-state index contributed by atoms with van der Waals surface area (Å²) in [6, 6.07) is 19.1. The minimum atomic E-state index is -4.06. The number of aryl methyl sites for hydroxylation is 3. The van der Waals surface area contributed by atoms with Crippen LogP contribution in [-0.2, 0) is 19.6 Å². The molecule has 0 fully saturated rings. The Kier molecular flexibility index (Phi) is 11.3. The predicted molar refractivity (Wildman–Crippen MR) is 239 cm³/mol. The number of fused-ring (bicyclic) bond motifs is 4. The van der Waals surface area contributed by atoms with Gasteiger partial charge in [0.25, 0.3) is 15.9 Å². The molecule has 2 atom stereocenters. The number of alkyl halides is 1. The Labute approximate surface area is 372 Å². The van der Waals surface area contributed by atoms with E-state index in [-0.39, 0.29) is 22.6 Å². The second kappa shape index (κ2) is 16.5. The summed E-state index contributed by atoms with van der Waals surface area (Å²) in [7, 11) is -2.75. The molecule has 1 aliphatic heterocycles. The fourth-order valence-electron chi connectivity index (χ4n) is 7.41. The summed E-state index contributed by atoms with van der Waals surface area (Å²) in [4.78, 5) is 34.8. The number of carbonyl (C=O) groups is 2. The van der Waals surface area contributed by atoms with E-state index in [4.69, 9.17) is 9.73 Å². The largest absolute Gasteiger partial charge is 0.469 e. The number of nitrogens with zero attached hydrogens (tertiary/aromatic N) is 5. The van der Waals surface area contributed by atoms with Crippen molar-refractivity contribution in [3.63, 3.8) is 0 Å². The maximum atomic E-state index is 15.8. The quantitative estimate of drug-likeness (QED) is 0.0525. The van der Waals surface area contributed by atoms with Gasteiger partial charge in [0, 0.05) is 33.2 Å². The molecule has 0 aliphatic carbocycles. The van der Waals surface area contributed by atoms with Crippen molar-refractivity contribution in [1.29, 1.82) is 5.26 Å². The van der Waals surface area contributed by atoms with Crippen molar-refractivity contribution < 1.29 is 31.5 Å². The molecule has 1 aliphatic rings. The first kappa shape index (κ1) is 42.4. The minimum Gasteiger partial charge on any atom is -0.469 e. The Balaban J connectivity index is 0.999. The van der Waals surface area contributed by atoms with Crippen molar-refractivity contribution in [1.82, 2.24) is 25.1 Å². The lowest BCUT2D eigenvalue weighted by molar-refractivity contribution is -0.141. The van der Waals surface area contributed by atoms with Crippen LogP contribution in [0.15, 0.2) is 88.9 Å². The van der Waals surface area contributed by atoms with Gasteiger partial charge in [-0.2, -0.15) is 5.26 Å². The molecule has 8 rings (SSSR count). The molecule has 0 saturated heterocycles. The van der Waals surface area contributed by atoms with E-state index in [1.807, 2.05) is 54.9 Å². The molecule has 1 unspecified atom stereocenters. The van der Waals surface area contributed by atoms with Gasteiger partial charge in [0.1, 0.15) is 38.6 Å². The molecular formula is C44H35F2IN8O5S2. The molecule has 4 aromatic carbocycles. The maximum Gasteiger partial charge on any atom is 0.308 e. The number of methoxy groups -OCH3 is 1. The number of aromatic nitrogens is 4. The number of hydrogen-bond acceptors (Lipinski definition) is 10. The maximum absolute atomic E-state index is 15.8. The number of anilines is 1. The number of nitriles is 1. The van der Waals surface area contributed by atoms with Gasteiger partial charge in [0.15, 0.2) is 5.82 Å². The van der Waals surface area contributed by atoms with Crippen molar-refractivity contribution in [2.75, 3.05) is 11.8 Å². The molecule has 0 radical (unpaired) electrons. The van der Waals surface area contributed by atoms with E-state index in [1.54, 1.807) is 47.7 Å². The second-order valence-corrected chi connectivity index (χ2v) is 18.7. The van der Waals surface area contributed by atoms with Gasteiger partial charge in [-0.05, 0) is 80.3 Å². The van der Waals surface area contributed by atoms with E-state index >= 15 is 8.78 Å². The average molecular weight is 985 g/mol. The molecule has 4 heterocycles. The molecule has 0 spiro atoms. The van der Waals surface area contributed by atoms with Crippen LogP contribution in [0.25, 0.3) is 27.0 Å². The third kappa shape index (κ3) is 7.64. The topological polar surface area (TPSA) is 184 Å². The molecule has 62 heavy (non-hydrogen) atoms. The summed E-state index contributed by atoms with van der Waals surface area (Å²) < 4.78 is 66.8. The van der Waals surface area contributed by atoms with E-state index in [2.05, 4.69) is 31.3 Å². The third-order valence-corrected chi connectivity index (χ3v) is 14.4. The monoisotopic (exact) mass is 984 g/mol. The Bertz CT molecular complexity index is 3150. The first-order valence-corrected chi connectivity index (χ1v) is 22.5. The Morgan fingerprint density at radius 2 is 1.71 bits per heavy atom. The molecule has 3 N–H and O–H groups in total. The van der Waals surface area contributed by atoms with E-state index in [0.29, 0.717) is 50.5 Å². The van der Waals surface area contributed by atoms with E-state index in [9.17, 15) is 23.3 Å². The summed E-state index contributed by atoms with van der Waals surface area (Å²) in [5.41, 5.74) is 5.36. The Hall–Kier alpha value is -6.30. The number of thiophene rings is 1. The summed E-state index contributed by atoms with van der Waals surface area (Å²) in [6.07, 6.45) is 1.45. The lowest BCUT2D eigenvalue weighted by Gasteiger charge is -2.15. The minimum absolute atomic E-state index is 0.0551. The number of H-pyrrole nitrogens is 1. The molecule has 3 aromatic heterocycles. The highest BCUT2D eigenvalue weighted by Crippen LogP contribution is 2.40. The van der Waals surface area contributed by atoms with Crippen LogP contribution < -0.4 is 10.0 Å². The number of aromatic amines is 1. The Morgan fingerprint density at radius 3 is 2.40 bits per heavy atom. The Morgan fingerprint density at radius 1 is 1.00 bits per heavy atom. The number of sulfonamides is 1. The van der Waals surface area contributed by atoms with Gasteiger partial charge in [0.05, 0.1) is 46.5 Å². The molecule has 0 saturated carbocycles. The number of rotatable bonds is 10. The number of amides is 1. The van der Waals surface area contributed by atoms with Crippen LogP contribution in [0.5, 0.6) is 0 Å². The number of ether oxygens (including phenoxy) is 1. The fraction of sp³-hybridized carbons (Fsp3) is 0.182. The standard InChI is InChI=1S/C44H35F2IN8O5S2/c1-21-6-15-34(40-37(21)28(19-48)20-49-40)54-62(58,59)29-13-11-27(12-14-29)41(47)51-43(57)31-17-32(45)30(16-33(31)46)25-7-9-26(10-8-25)39-38-22(2)23(3)61-44(38)55-24(4)52-53-42(55)35(50-39)18-36(56)60-5/h6-17,20,35,41,49,54H,18H2,1-5H3,(H,51,57)/t35-,41?/m0/s1. The average Bonchev–Trinajstić information content (AvgIpc) is 3.93. The summed E-state index contributed by atoms with van der Waals surface area (Å²) >= 11 is 3.47.